The minimum absolute atomic E-state index is 0.104. The Bertz CT molecular complexity index is 1800. The maximum atomic E-state index is 14.4. The number of likely N-dealkylation sites (N-methyl/N-ethyl adjacent to an activating group) is 1. The van der Waals surface area contributed by atoms with Crippen LogP contribution in [0.2, 0.25) is 5.02 Å². The number of ether oxygens (including phenoxy) is 1. The van der Waals surface area contributed by atoms with Crippen molar-refractivity contribution in [3.8, 4) is 0 Å². The number of fused-ring (bicyclic) bond motifs is 7. The Morgan fingerprint density at radius 2 is 1.71 bits per heavy atom. The number of carbonyl (C=O) groups is 2. The van der Waals surface area contributed by atoms with E-state index in [9.17, 15) is 22.8 Å². The van der Waals surface area contributed by atoms with Crippen molar-refractivity contribution >= 4 is 46.4 Å². The van der Waals surface area contributed by atoms with Gasteiger partial charge in [0.25, 0.3) is 0 Å². The van der Waals surface area contributed by atoms with Gasteiger partial charge in [-0.1, -0.05) is 49.2 Å². The first-order chi connectivity index (χ1) is 24.3. The second kappa shape index (κ2) is 12.6. The van der Waals surface area contributed by atoms with Crippen LogP contribution in [-0.2, 0) is 9.53 Å². The maximum absolute atomic E-state index is 14.4. The molecule has 8 rings (SSSR count). The molecule has 2 aromatic rings. The van der Waals surface area contributed by atoms with Crippen LogP contribution in [0, 0.1) is 34.5 Å². The van der Waals surface area contributed by atoms with Crippen molar-refractivity contribution in [2.24, 2.45) is 39.5 Å². The number of hydrogen-bond acceptors (Lipinski definition) is 6. The summed E-state index contributed by atoms with van der Waals surface area (Å²) in [7, 11) is 2.11. The molecule has 1 saturated heterocycles. The fraction of sp³-hybridized carbons (Fsp3) is 0.575. The molecular weight excluding hydrogens is 677 g/mol. The summed E-state index contributed by atoms with van der Waals surface area (Å²) in [6.07, 6.45) is 2.16. The van der Waals surface area contributed by atoms with Crippen LogP contribution < -0.4 is 4.90 Å². The van der Waals surface area contributed by atoms with E-state index < -0.39 is 29.4 Å². The van der Waals surface area contributed by atoms with Crippen molar-refractivity contribution in [3.63, 3.8) is 0 Å². The number of nitrogens with zero attached hydrogens (tertiary/aromatic N) is 4. The zero-order valence-corrected chi connectivity index (χ0v) is 30.3. The van der Waals surface area contributed by atoms with E-state index in [0.29, 0.717) is 60.1 Å². The minimum Gasteiger partial charge on any atom is -0.445 e. The summed E-state index contributed by atoms with van der Waals surface area (Å²) in [4.78, 5) is 38.2. The van der Waals surface area contributed by atoms with Gasteiger partial charge in [-0.2, -0.15) is 13.2 Å². The second-order valence-electron chi connectivity index (χ2n) is 16.3. The third-order valence-corrected chi connectivity index (χ3v) is 13.9. The van der Waals surface area contributed by atoms with E-state index in [1.54, 1.807) is 17.0 Å². The number of halogens is 4. The summed E-state index contributed by atoms with van der Waals surface area (Å²) in [6, 6.07) is 13.3. The molecular formula is C40H46ClF3N4O3. The van der Waals surface area contributed by atoms with Crippen LogP contribution in [0.3, 0.4) is 0 Å². The molecule has 2 heterocycles. The number of anilines is 2. The lowest BCUT2D eigenvalue weighted by molar-refractivity contribution is -0.181. The molecule has 4 fully saturated rings. The lowest BCUT2D eigenvalue weighted by atomic mass is 9.47. The zero-order valence-electron chi connectivity index (χ0n) is 29.5. The van der Waals surface area contributed by atoms with Gasteiger partial charge in [0.05, 0.1) is 17.1 Å². The molecule has 0 aromatic heterocycles. The van der Waals surface area contributed by atoms with Crippen molar-refractivity contribution in [1.82, 2.24) is 9.80 Å². The second-order valence-corrected chi connectivity index (χ2v) is 16.7. The highest BCUT2D eigenvalue weighted by Gasteiger charge is 2.62. The van der Waals surface area contributed by atoms with E-state index in [0.717, 1.165) is 56.8 Å². The van der Waals surface area contributed by atoms with E-state index in [4.69, 9.17) is 21.3 Å². The number of hydrogen-bond donors (Lipinski definition) is 0. The van der Waals surface area contributed by atoms with E-state index >= 15 is 0 Å². The SMILES string of the molecule is CN1CCN(C2=Nc3cc(Cl)ccc3N(C(=O)OC3CCC4(C)C(=CCC5C4CCC4(C)C(C(=O)C(F)(F)F)CCC54)C3)c3ccccc32)CC1. The lowest BCUT2D eigenvalue weighted by Gasteiger charge is -2.58. The van der Waals surface area contributed by atoms with Gasteiger partial charge in [-0.05, 0) is 111 Å². The molecule has 7 unspecified atom stereocenters. The average Bonchev–Trinajstić information content (AvgIpc) is 3.37. The Morgan fingerprint density at radius 1 is 0.941 bits per heavy atom. The number of amidine groups is 1. The van der Waals surface area contributed by atoms with Gasteiger partial charge in [0.2, 0.25) is 5.78 Å². The number of rotatable bonds is 2. The fourth-order valence-corrected chi connectivity index (χ4v) is 11.1. The standard InChI is InChI=1S/C40H46ClF3N4O3/c1-38-16-14-26(22-24(38)8-10-27-29-11-12-31(35(49)40(42,43)44)39(29,2)17-15-30(27)38)51-37(50)48-33-7-5-4-6-28(33)36(47-20-18-46(3)19-21-47)45-32-23-25(41)9-13-34(32)48/h4-9,13,23,26-27,29-31H,10-12,14-22H2,1-3H3. The molecule has 4 aliphatic carbocycles. The van der Waals surface area contributed by atoms with Gasteiger partial charge in [0, 0.05) is 49.1 Å². The minimum atomic E-state index is -4.79. The van der Waals surface area contributed by atoms with Gasteiger partial charge in [-0.3, -0.25) is 4.79 Å². The van der Waals surface area contributed by atoms with Gasteiger partial charge in [-0.25, -0.2) is 14.7 Å². The van der Waals surface area contributed by atoms with E-state index in [-0.39, 0.29) is 23.4 Å². The van der Waals surface area contributed by atoms with Crippen molar-refractivity contribution in [1.29, 1.82) is 0 Å². The number of carbonyl (C=O) groups excluding carboxylic acids is 2. The van der Waals surface area contributed by atoms with Gasteiger partial charge in [-0.15, -0.1) is 0 Å². The smallest absolute Gasteiger partial charge is 0.445 e. The Kier molecular flexibility index (Phi) is 8.60. The van der Waals surface area contributed by atoms with Gasteiger partial charge >= 0.3 is 12.3 Å². The number of Topliss-reactive ketones (excluding diaryl/α,β-unsaturated/α-hetero) is 1. The Hall–Kier alpha value is -3.37. The zero-order chi connectivity index (χ0) is 35.9. The molecule has 7 atom stereocenters. The van der Waals surface area contributed by atoms with Crippen LogP contribution in [0.25, 0.3) is 0 Å². The van der Waals surface area contributed by atoms with E-state index in [1.807, 2.05) is 37.3 Å². The quantitative estimate of drug-likeness (QED) is 0.289. The van der Waals surface area contributed by atoms with Crippen molar-refractivity contribution in [2.75, 3.05) is 38.1 Å². The summed E-state index contributed by atoms with van der Waals surface area (Å²) in [6.45, 7) is 7.70. The monoisotopic (exact) mass is 722 g/mol. The number of benzene rings is 2. The molecule has 272 valence electrons. The Labute approximate surface area is 302 Å². The Balaban J connectivity index is 1.04. The molecule has 0 spiro atoms. The van der Waals surface area contributed by atoms with Gasteiger partial charge < -0.3 is 14.5 Å². The molecule has 0 radical (unpaired) electrons. The third kappa shape index (κ3) is 5.79. The normalized spacial score (nSPS) is 33.4. The molecule has 6 aliphatic rings. The van der Waals surface area contributed by atoms with Crippen molar-refractivity contribution < 1.29 is 27.5 Å². The molecule has 51 heavy (non-hydrogen) atoms. The van der Waals surface area contributed by atoms with E-state index in [1.165, 1.54) is 5.57 Å². The first-order valence-electron chi connectivity index (χ1n) is 18.5. The molecule has 0 bridgehead atoms. The third-order valence-electron chi connectivity index (χ3n) is 13.7. The predicted molar refractivity (Wildman–Crippen MR) is 192 cm³/mol. The van der Waals surface area contributed by atoms with Crippen LogP contribution in [0.5, 0.6) is 0 Å². The van der Waals surface area contributed by atoms with Crippen LogP contribution >= 0.6 is 11.6 Å². The van der Waals surface area contributed by atoms with Gasteiger partial charge in [0.15, 0.2) is 0 Å². The molecule has 3 saturated carbocycles. The van der Waals surface area contributed by atoms with E-state index in [2.05, 4.69) is 29.8 Å². The fourth-order valence-electron chi connectivity index (χ4n) is 10.9. The number of ketones is 1. The molecule has 1 amide bonds. The van der Waals surface area contributed by atoms with Crippen LogP contribution in [0.15, 0.2) is 59.1 Å². The topological polar surface area (TPSA) is 65.4 Å². The van der Waals surface area contributed by atoms with Gasteiger partial charge in [0.1, 0.15) is 11.9 Å². The Morgan fingerprint density at radius 3 is 2.47 bits per heavy atom. The highest BCUT2D eigenvalue weighted by Crippen LogP contribution is 2.67. The molecule has 0 N–H and O–H groups in total. The summed E-state index contributed by atoms with van der Waals surface area (Å²) in [5.41, 5.74) is 3.37. The molecule has 7 nitrogen and oxygen atoms in total. The lowest BCUT2D eigenvalue weighted by Crippen LogP contribution is -2.52. The summed E-state index contributed by atoms with van der Waals surface area (Å²) in [5.74, 6) is -0.961. The summed E-state index contributed by atoms with van der Waals surface area (Å²) >= 11 is 6.49. The highest BCUT2D eigenvalue weighted by atomic mass is 35.5. The maximum Gasteiger partial charge on any atom is 0.450 e. The first-order valence-corrected chi connectivity index (χ1v) is 18.9. The summed E-state index contributed by atoms with van der Waals surface area (Å²) < 4.78 is 47.1. The number of para-hydroxylation sites is 1. The number of alkyl halides is 3. The number of piperazine rings is 1. The van der Waals surface area contributed by atoms with Crippen LogP contribution in [0.4, 0.5) is 35.0 Å². The largest absolute Gasteiger partial charge is 0.450 e. The van der Waals surface area contributed by atoms with Crippen LogP contribution in [-0.4, -0.2) is 73.0 Å². The summed E-state index contributed by atoms with van der Waals surface area (Å²) in [5, 5.41) is 0.534. The predicted octanol–water partition coefficient (Wildman–Crippen LogP) is 9.33. The number of amides is 1. The number of aliphatic imine (C=N–C) groups is 1. The number of allylic oxidation sites excluding steroid dienone is 1. The van der Waals surface area contributed by atoms with Crippen LogP contribution in [0.1, 0.15) is 70.8 Å². The molecule has 11 heteroatoms. The molecule has 2 aliphatic heterocycles. The molecule has 2 aromatic carbocycles. The average molecular weight is 723 g/mol. The highest BCUT2D eigenvalue weighted by molar-refractivity contribution is 6.31. The van der Waals surface area contributed by atoms with Crippen molar-refractivity contribution in [2.45, 2.75) is 77.5 Å². The first kappa shape index (κ1) is 34.7. The van der Waals surface area contributed by atoms with Crippen molar-refractivity contribution in [3.05, 3.63) is 64.7 Å².